The highest BCUT2D eigenvalue weighted by Crippen LogP contribution is 2.33. The maximum Gasteiger partial charge on any atom is 0.352 e. The Labute approximate surface area is 175 Å². The number of nitrogens with one attached hydrogen (secondary N) is 2. The van der Waals surface area contributed by atoms with E-state index in [1.807, 2.05) is 55.5 Å². The van der Waals surface area contributed by atoms with Gasteiger partial charge in [0.2, 0.25) is 0 Å². The summed E-state index contributed by atoms with van der Waals surface area (Å²) < 4.78 is 2.48. The fraction of sp³-hybridized carbons (Fsp3) is 0.0952. The summed E-state index contributed by atoms with van der Waals surface area (Å²) in [5.74, 6) is -1.14. The van der Waals surface area contributed by atoms with Crippen LogP contribution in [-0.2, 0) is 4.79 Å². The Morgan fingerprint density at radius 1 is 1.21 bits per heavy atom. The Morgan fingerprint density at radius 2 is 2.00 bits per heavy atom. The van der Waals surface area contributed by atoms with E-state index in [9.17, 15) is 14.7 Å². The lowest BCUT2D eigenvalue weighted by molar-refractivity contribution is -0.132. The molecule has 1 aromatic heterocycles. The first-order valence-corrected chi connectivity index (χ1v) is 9.65. The second kappa shape index (κ2) is 7.56. The smallest absolute Gasteiger partial charge is 0.352 e. The summed E-state index contributed by atoms with van der Waals surface area (Å²) in [5, 5.41) is 19.6. The number of hydrogen-bond acceptors (Lipinski definition) is 4. The van der Waals surface area contributed by atoms with Crippen LogP contribution in [0.5, 0.6) is 0 Å². The van der Waals surface area contributed by atoms with Crippen molar-refractivity contribution in [3.05, 3.63) is 87.7 Å². The predicted molar refractivity (Wildman–Crippen MR) is 113 cm³/mol. The molecular weight excluding hydrogens is 436 g/mol. The predicted octanol–water partition coefficient (Wildman–Crippen LogP) is 4.19. The average Bonchev–Trinajstić information content (AvgIpc) is 3.13. The molecule has 4 rings (SSSR count). The van der Waals surface area contributed by atoms with E-state index in [-0.39, 0.29) is 17.2 Å². The van der Waals surface area contributed by atoms with Gasteiger partial charge in [-0.25, -0.2) is 9.48 Å². The third-order valence-electron chi connectivity index (χ3n) is 4.70. The van der Waals surface area contributed by atoms with Gasteiger partial charge >= 0.3 is 5.97 Å². The van der Waals surface area contributed by atoms with Gasteiger partial charge in [-0.15, -0.1) is 0 Å². The van der Waals surface area contributed by atoms with E-state index < -0.39 is 12.0 Å². The molecule has 3 N–H and O–H groups in total. The number of amides is 1. The molecule has 1 aliphatic heterocycles. The van der Waals surface area contributed by atoms with Gasteiger partial charge in [0.1, 0.15) is 17.1 Å². The summed E-state index contributed by atoms with van der Waals surface area (Å²) >= 11 is 3.44. The summed E-state index contributed by atoms with van der Waals surface area (Å²) in [6.07, 6.45) is 3.02. The molecule has 1 amide bonds. The molecule has 7 nitrogen and oxygen atoms in total. The molecule has 0 saturated carbocycles. The monoisotopic (exact) mass is 452 g/mol. The van der Waals surface area contributed by atoms with Crippen molar-refractivity contribution in [3.8, 4) is 0 Å². The van der Waals surface area contributed by atoms with Gasteiger partial charge in [-0.2, -0.15) is 5.10 Å². The highest BCUT2D eigenvalue weighted by atomic mass is 79.9. The molecule has 146 valence electrons. The molecular formula is C21H17BrN4O3. The Kier molecular flexibility index (Phi) is 4.94. The number of allylic oxidation sites excluding steroid dienone is 1. The van der Waals surface area contributed by atoms with Gasteiger partial charge < -0.3 is 15.7 Å². The summed E-state index contributed by atoms with van der Waals surface area (Å²) in [4.78, 5) is 24.6. The maximum atomic E-state index is 12.9. The largest absolute Gasteiger partial charge is 0.477 e. The zero-order valence-corrected chi connectivity index (χ0v) is 17.0. The van der Waals surface area contributed by atoms with Crippen LogP contribution in [0, 0.1) is 6.92 Å². The molecule has 2 aromatic carbocycles. The topological polar surface area (TPSA) is 96.3 Å². The molecule has 29 heavy (non-hydrogen) atoms. The van der Waals surface area contributed by atoms with Crippen LogP contribution in [0.4, 0.5) is 11.5 Å². The number of carbonyl (C=O) groups is 2. The number of aromatic nitrogens is 2. The number of fused-ring (bicyclic) bond motifs is 1. The van der Waals surface area contributed by atoms with Gasteiger partial charge in [0.05, 0.1) is 12.2 Å². The quantitative estimate of drug-likeness (QED) is 0.551. The number of anilines is 2. The molecule has 0 spiro atoms. The van der Waals surface area contributed by atoms with Crippen molar-refractivity contribution in [2.75, 3.05) is 10.6 Å². The van der Waals surface area contributed by atoms with Crippen molar-refractivity contribution < 1.29 is 14.7 Å². The van der Waals surface area contributed by atoms with Crippen LogP contribution in [0.1, 0.15) is 27.5 Å². The number of nitrogens with zero attached hydrogens (tertiary/aromatic N) is 2. The van der Waals surface area contributed by atoms with Gasteiger partial charge in [-0.3, -0.25) is 4.79 Å². The Hall–Kier alpha value is -3.39. The number of carboxylic acids is 1. The molecule has 2 heterocycles. The zero-order valence-electron chi connectivity index (χ0n) is 15.4. The number of para-hydroxylation sites is 1. The van der Waals surface area contributed by atoms with E-state index in [1.165, 1.54) is 6.20 Å². The highest BCUT2D eigenvalue weighted by Gasteiger charge is 2.29. The van der Waals surface area contributed by atoms with E-state index in [0.717, 1.165) is 15.6 Å². The van der Waals surface area contributed by atoms with Crippen molar-refractivity contribution in [1.29, 1.82) is 0 Å². The number of rotatable bonds is 4. The van der Waals surface area contributed by atoms with Gasteiger partial charge in [0.15, 0.2) is 0 Å². The average molecular weight is 453 g/mol. The lowest BCUT2D eigenvalue weighted by Crippen LogP contribution is -2.25. The number of hydrogen-bond donors (Lipinski definition) is 3. The van der Waals surface area contributed by atoms with Gasteiger partial charge in [-0.1, -0.05) is 46.3 Å². The molecule has 0 unspecified atom stereocenters. The van der Waals surface area contributed by atoms with Crippen LogP contribution in [0.25, 0.3) is 0 Å². The second-order valence-electron chi connectivity index (χ2n) is 6.63. The van der Waals surface area contributed by atoms with E-state index in [1.54, 1.807) is 10.8 Å². The van der Waals surface area contributed by atoms with Crippen molar-refractivity contribution in [1.82, 2.24) is 9.78 Å². The van der Waals surface area contributed by atoms with Crippen molar-refractivity contribution >= 4 is 39.3 Å². The standard InChI is InChI=1S/C21H17BrN4O3/c1-12-5-2-3-8-16(12)25-20(27)15-11-23-26-18(13-6-4-7-14(22)9-13)10-17(21(28)29)24-19(15)26/h2-11,18,24H,1H3,(H,25,27)(H,28,29)/t18-/m1/s1. The lowest BCUT2D eigenvalue weighted by Gasteiger charge is -2.24. The molecule has 0 fully saturated rings. The molecule has 0 bridgehead atoms. The van der Waals surface area contributed by atoms with Crippen LogP contribution in [0.2, 0.25) is 0 Å². The Bertz CT molecular complexity index is 1150. The van der Waals surface area contributed by atoms with Crippen molar-refractivity contribution in [2.24, 2.45) is 0 Å². The third-order valence-corrected chi connectivity index (χ3v) is 5.19. The van der Waals surface area contributed by atoms with Crippen LogP contribution in [-0.4, -0.2) is 26.8 Å². The number of carbonyl (C=O) groups excluding carboxylic acids is 1. The summed E-state index contributed by atoms with van der Waals surface area (Å²) in [6.45, 7) is 1.90. The number of carboxylic acid groups (broad SMARTS) is 1. The van der Waals surface area contributed by atoms with E-state index in [2.05, 4.69) is 31.7 Å². The van der Waals surface area contributed by atoms with Crippen LogP contribution in [0.15, 0.2) is 71.0 Å². The molecule has 1 atom stereocenters. The lowest BCUT2D eigenvalue weighted by atomic mass is 10.0. The third kappa shape index (κ3) is 3.66. The van der Waals surface area contributed by atoms with E-state index in [0.29, 0.717) is 11.5 Å². The van der Waals surface area contributed by atoms with Gasteiger partial charge in [0, 0.05) is 10.2 Å². The highest BCUT2D eigenvalue weighted by molar-refractivity contribution is 9.10. The number of aryl methyl sites for hydroxylation is 1. The number of benzene rings is 2. The van der Waals surface area contributed by atoms with Crippen molar-refractivity contribution in [2.45, 2.75) is 13.0 Å². The summed E-state index contributed by atoms with van der Waals surface area (Å²) in [6, 6.07) is 14.5. The molecule has 8 heteroatoms. The zero-order chi connectivity index (χ0) is 20.5. The van der Waals surface area contributed by atoms with Crippen LogP contribution in [0.3, 0.4) is 0 Å². The fourth-order valence-corrected chi connectivity index (χ4v) is 3.63. The minimum Gasteiger partial charge on any atom is -0.477 e. The van der Waals surface area contributed by atoms with E-state index in [4.69, 9.17) is 0 Å². The minimum atomic E-state index is -1.11. The fourth-order valence-electron chi connectivity index (χ4n) is 3.22. The number of aliphatic carboxylic acids is 1. The first kappa shape index (κ1) is 18.9. The summed E-state index contributed by atoms with van der Waals surface area (Å²) in [7, 11) is 0. The van der Waals surface area contributed by atoms with Gasteiger partial charge in [-0.05, 0) is 42.3 Å². The summed E-state index contributed by atoms with van der Waals surface area (Å²) in [5.41, 5.74) is 2.71. The molecule has 0 radical (unpaired) electrons. The molecule has 0 saturated heterocycles. The van der Waals surface area contributed by atoms with E-state index >= 15 is 0 Å². The first-order chi connectivity index (χ1) is 13.9. The molecule has 1 aliphatic rings. The second-order valence-corrected chi connectivity index (χ2v) is 7.55. The SMILES string of the molecule is Cc1ccccc1NC(=O)c1cnn2c1NC(C(=O)O)=C[C@@H]2c1cccc(Br)c1. The van der Waals surface area contributed by atoms with Crippen LogP contribution < -0.4 is 10.6 Å². The molecule has 0 aliphatic carbocycles. The van der Waals surface area contributed by atoms with Crippen LogP contribution >= 0.6 is 15.9 Å². The maximum absolute atomic E-state index is 12.9. The van der Waals surface area contributed by atoms with Crippen molar-refractivity contribution in [3.63, 3.8) is 0 Å². The minimum absolute atomic E-state index is 0.00656. The Morgan fingerprint density at radius 3 is 2.72 bits per heavy atom. The molecule has 3 aromatic rings. The normalized spacial score (nSPS) is 15.1. The first-order valence-electron chi connectivity index (χ1n) is 8.86. The van der Waals surface area contributed by atoms with Gasteiger partial charge in [0.25, 0.3) is 5.91 Å². The Balaban J connectivity index is 1.74. The number of halogens is 1.